The number of benzene rings is 1. The molecule has 0 saturated carbocycles. The summed E-state index contributed by atoms with van der Waals surface area (Å²) in [5, 5.41) is 0. The van der Waals surface area contributed by atoms with Crippen LogP contribution in [0.2, 0.25) is 0 Å². The van der Waals surface area contributed by atoms with Gasteiger partial charge in [0.05, 0.1) is 0 Å². The predicted octanol–water partition coefficient (Wildman–Crippen LogP) is 5.11. The number of pyridine rings is 1. The number of aryl methyl sites for hydroxylation is 1. The van der Waals surface area contributed by atoms with Gasteiger partial charge >= 0.3 is 0 Å². The topological polar surface area (TPSA) is 22.1 Å². The molecule has 0 fully saturated rings. The van der Waals surface area contributed by atoms with Gasteiger partial charge in [0.15, 0.2) is 0 Å². The van der Waals surface area contributed by atoms with Crippen molar-refractivity contribution in [3.8, 4) is 5.88 Å². The van der Waals surface area contributed by atoms with Crippen LogP contribution in [0.5, 0.6) is 5.88 Å². The Hall–Kier alpha value is -1.06. The zero-order chi connectivity index (χ0) is 14.4. The van der Waals surface area contributed by atoms with E-state index >= 15 is 0 Å². The Balaban J connectivity index is 2.12. The van der Waals surface area contributed by atoms with Gasteiger partial charge in [0, 0.05) is 27.7 Å². The lowest BCUT2D eigenvalue weighted by molar-refractivity contribution is 0.292. The van der Waals surface area contributed by atoms with Crippen LogP contribution in [0.4, 0.5) is 0 Å². The number of hydrogen-bond donors (Lipinski definition) is 0. The molecule has 0 amide bonds. The van der Waals surface area contributed by atoms with E-state index in [1.807, 2.05) is 36.4 Å². The van der Waals surface area contributed by atoms with Gasteiger partial charge in [-0.25, -0.2) is 4.98 Å². The summed E-state index contributed by atoms with van der Waals surface area (Å²) in [4.78, 5) is 4.52. The molecule has 0 saturated heterocycles. The third-order valence-corrected chi connectivity index (χ3v) is 3.99. The second kappa shape index (κ2) is 7.65. The summed E-state index contributed by atoms with van der Waals surface area (Å²) < 4.78 is 6.85. The summed E-state index contributed by atoms with van der Waals surface area (Å²) >= 11 is 9.44. The van der Waals surface area contributed by atoms with Crippen molar-refractivity contribution in [2.24, 2.45) is 0 Å². The van der Waals surface area contributed by atoms with E-state index in [0.29, 0.717) is 18.4 Å². The first-order valence-corrected chi connectivity index (χ1v) is 7.97. The van der Waals surface area contributed by atoms with E-state index in [1.165, 1.54) is 0 Å². The molecule has 0 atom stereocenters. The summed E-state index contributed by atoms with van der Waals surface area (Å²) in [5.74, 6) is 1.12. The van der Waals surface area contributed by atoms with Gasteiger partial charge in [0.1, 0.15) is 6.61 Å². The third-order valence-electron chi connectivity index (χ3n) is 2.91. The van der Waals surface area contributed by atoms with E-state index in [0.717, 1.165) is 34.1 Å². The van der Waals surface area contributed by atoms with Crippen molar-refractivity contribution >= 4 is 27.5 Å². The zero-order valence-electron chi connectivity index (χ0n) is 11.4. The van der Waals surface area contributed by atoms with E-state index in [4.69, 9.17) is 16.3 Å². The minimum Gasteiger partial charge on any atom is -0.473 e. The number of ether oxygens (including phenoxy) is 1. The summed E-state index contributed by atoms with van der Waals surface area (Å²) in [7, 11) is 0. The van der Waals surface area contributed by atoms with Gasteiger partial charge in [0.2, 0.25) is 5.88 Å². The Morgan fingerprint density at radius 3 is 2.75 bits per heavy atom. The Kier molecular flexibility index (Phi) is 5.86. The lowest BCUT2D eigenvalue weighted by Crippen LogP contribution is -2.01. The van der Waals surface area contributed by atoms with Crippen LogP contribution in [0.3, 0.4) is 0 Å². The highest BCUT2D eigenvalue weighted by atomic mass is 79.9. The van der Waals surface area contributed by atoms with E-state index in [-0.39, 0.29) is 0 Å². The van der Waals surface area contributed by atoms with Crippen LogP contribution in [0, 0.1) is 0 Å². The van der Waals surface area contributed by atoms with Crippen molar-refractivity contribution in [3.05, 3.63) is 57.7 Å². The van der Waals surface area contributed by atoms with Gasteiger partial charge < -0.3 is 4.74 Å². The van der Waals surface area contributed by atoms with Gasteiger partial charge in [0.25, 0.3) is 0 Å². The van der Waals surface area contributed by atoms with Crippen LogP contribution in [0.15, 0.2) is 40.9 Å². The smallest absolute Gasteiger partial charge is 0.214 e. The maximum atomic E-state index is 5.92. The van der Waals surface area contributed by atoms with Gasteiger partial charge in [-0.15, -0.1) is 11.6 Å². The molecule has 0 N–H and O–H groups in total. The van der Waals surface area contributed by atoms with Crippen molar-refractivity contribution in [1.29, 1.82) is 0 Å². The standard InChI is InChI=1S/C16H17BrClNO/c1-2-5-14-8-12(10-18)9-16(19-14)20-11-13-6-3-4-7-15(13)17/h3-4,6-9H,2,5,10-11H2,1H3. The fourth-order valence-corrected chi connectivity index (χ4v) is 2.48. The van der Waals surface area contributed by atoms with E-state index in [1.54, 1.807) is 0 Å². The third kappa shape index (κ3) is 4.22. The van der Waals surface area contributed by atoms with Crippen LogP contribution in [-0.2, 0) is 18.9 Å². The maximum absolute atomic E-state index is 5.92. The Bertz CT molecular complexity index is 574. The first-order chi connectivity index (χ1) is 9.72. The normalized spacial score (nSPS) is 10.6. The molecule has 20 heavy (non-hydrogen) atoms. The highest BCUT2D eigenvalue weighted by Crippen LogP contribution is 2.20. The number of aromatic nitrogens is 1. The van der Waals surface area contributed by atoms with Crippen LogP contribution in [-0.4, -0.2) is 4.98 Å². The second-order valence-electron chi connectivity index (χ2n) is 4.57. The fraction of sp³-hybridized carbons (Fsp3) is 0.312. The van der Waals surface area contributed by atoms with E-state index in [9.17, 15) is 0 Å². The molecule has 106 valence electrons. The summed E-state index contributed by atoms with van der Waals surface area (Å²) in [6.45, 7) is 2.63. The number of halogens is 2. The lowest BCUT2D eigenvalue weighted by Gasteiger charge is -2.10. The van der Waals surface area contributed by atoms with Crippen LogP contribution in [0.1, 0.15) is 30.2 Å². The number of nitrogens with zero attached hydrogens (tertiary/aromatic N) is 1. The first kappa shape index (κ1) is 15.3. The molecule has 2 rings (SSSR count). The molecule has 0 bridgehead atoms. The molecular formula is C16H17BrClNO. The number of rotatable bonds is 6. The molecule has 0 aliphatic heterocycles. The van der Waals surface area contributed by atoms with Crippen LogP contribution >= 0.6 is 27.5 Å². The molecule has 2 aromatic rings. The van der Waals surface area contributed by atoms with Crippen molar-refractivity contribution < 1.29 is 4.74 Å². The average Bonchev–Trinajstić information content (AvgIpc) is 2.46. The van der Waals surface area contributed by atoms with Crippen LogP contribution < -0.4 is 4.74 Å². The molecule has 1 aromatic carbocycles. The molecule has 0 spiro atoms. The van der Waals surface area contributed by atoms with Crippen molar-refractivity contribution in [2.75, 3.05) is 0 Å². The summed E-state index contributed by atoms with van der Waals surface area (Å²) in [6.07, 6.45) is 2.00. The molecule has 0 aliphatic carbocycles. The summed E-state index contributed by atoms with van der Waals surface area (Å²) in [5.41, 5.74) is 3.18. The highest BCUT2D eigenvalue weighted by Gasteiger charge is 2.05. The summed E-state index contributed by atoms with van der Waals surface area (Å²) in [6, 6.07) is 12.0. The van der Waals surface area contributed by atoms with E-state index in [2.05, 4.69) is 27.8 Å². The average molecular weight is 355 g/mol. The zero-order valence-corrected chi connectivity index (χ0v) is 13.7. The van der Waals surface area contributed by atoms with Gasteiger partial charge in [-0.05, 0) is 24.1 Å². The monoisotopic (exact) mass is 353 g/mol. The van der Waals surface area contributed by atoms with Gasteiger partial charge in [-0.2, -0.15) is 0 Å². The molecule has 2 nitrogen and oxygen atoms in total. The molecular weight excluding hydrogens is 338 g/mol. The minimum absolute atomic E-state index is 0.477. The minimum atomic E-state index is 0.477. The molecule has 4 heteroatoms. The molecule has 1 heterocycles. The highest BCUT2D eigenvalue weighted by molar-refractivity contribution is 9.10. The van der Waals surface area contributed by atoms with Crippen molar-refractivity contribution in [1.82, 2.24) is 4.98 Å². The number of alkyl halides is 1. The second-order valence-corrected chi connectivity index (χ2v) is 5.69. The van der Waals surface area contributed by atoms with Gasteiger partial charge in [-0.3, -0.25) is 0 Å². The van der Waals surface area contributed by atoms with Gasteiger partial charge in [-0.1, -0.05) is 47.5 Å². The Morgan fingerprint density at radius 2 is 2.05 bits per heavy atom. The largest absolute Gasteiger partial charge is 0.473 e. The van der Waals surface area contributed by atoms with E-state index < -0.39 is 0 Å². The number of hydrogen-bond acceptors (Lipinski definition) is 2. The van der Waals surface area contributed by atoms with Crippen molar-refractivity contribution in [2.45, 2.75) is 32.3 Å². The maximum Gasteiger partial charge on any atom is 0.214 e. The fourth-order valence-electron chi connectivity index (χ4n) is 1.92. The molecule has 0 aliphatic rings. The van der Waals surface area contributed by atoms with Crippen LogP contribution in [0.25, 0.3) is 0 Å². The SMILES string of the molecule is CCCc1cc(CCl)cc(OCc2ccccc2Br)n1. The first-order valence-electron chi connectivity index (χ1n) is 6.65. The molecule has 0 radical (unpaired) electrons. The molecule has 0 unspecified atom stereocenters. The lowest BCUT2D eigenvalue weighted by atomic mass is 10.2. The Morgan fingerprint density at radius 1 is 1.25 bits per heavy atom. The predicted molar refractivity (Wildman–Crippen MR) is 86.3 cm³/mol. The van der Waals surface area contributed by atoms with Crippen molar-refractivity contribution in [3.63, 3.8) is 0 Å². The molecule has 1 aromatic heterocycles. The quantitative estimate of drug-likeness (QED) is 0.672. The Labute approximate surface area is 133 Å².